The Morgan fingerprint density at radius 1 is 1.13 bits per heavy atom. The van der Waals surface area contributed by atoms with Crippen molar-refractivity contribution in [3.05, 3.63) is 52.6 Å². The van der Waals surface area contributed by atoms with Crippen LogP contribution in [0.4, 0.5) is 0 Å². The fourth-order valence-electron chi connectivity index (χ4n) is 4.42. The van der Waals surface area contributed by atoms with Crippen molar-refractivity contribution in [2.45, 2.75) is 72.1 Å². The summed E-state index contributed by atoms with van der Waals surface area (Å²) in [5.41, 5.74) is 10.9. The first kappa shape index (κ1) is 29.3. The number of aryl methyl sites for hydroxylation is 3. The lowest BCUT2D eigenvalue weighted by Gasteiger charge is -2.18. The highest BCUT2D eigenvalue weighted by Gasteiger charge is 2.19. The van der Waals surface area contributed by atoms with Gasteiger partial charge in [0.2, 0.25) is 11.7 Å². The van der Waals surface area contributed by atoms with Crippen LogP contribution >= 0.6 is 0 Å². The molecule has 0 spiro atoms. The van der Waals surface area contributed by atoms with E-state index in [0.29, 0.717) is 23.9 Å². The van der Waals surface area contributed by atoms with Gasteiger partial charge in [-0.15, -0.1) is 0 Å². The van der Waals surface area contributed by atoms with E-state index >= 15 is 0 Å². The molecule has 9 heteroatoms. The third-order valence-corrected chi connectivity index (χ3v) is 6.39. The van der Waals surface area contributed by atoms with Crippen molar-refractivity contribution >= 4 is 5.91 Å². The van der Waals surface area contributed by atoms with Crippen molar-refractivity contribution in [2.24, 2.45) is 5.73 Å². The van der Waals surface area contributed by atoms with Crippen LogP contribution in [0.1, 0.15) is 55.4 Å². The van der Waals surface area contributed by atoms with Gasteiger partial charge in [0.1, 0.15) is 18.5 Å². The van der Waals surface area contributed by atoms with E-state index < -0.39 is 18.1 Å². The molecular formula is C29H40N4O5. The Morgan fingerprint density at radius 3 is 2.58 bits per heavy atom. The number of hydrogen-bond acceptors (Lipinski definition) is 8. The number of unbranched alkanes of at least 4 members (excludes halogenated alkanes) is 1. The summed E-state index contributed by atoms with van der Waals surface area (Å²) in [5.74, 6) is 0.716. The van der Waals surface area contributed by atoms with Gasteiger partial charge in [0.15, 0.2) is 0 Å². The zero-order chi connectivity index (χ0) is 27.8. The van der Waals surface area contributed by atoms with Gasteiger partial charge in [-0.05, 0) is 81.2 Å². The van der Waals surface area contributed by atoms with Crippen molar-refractivity contribution in [1.82, 2.24) is 15.0 Å². The standard InChI is InChI=1S/C29H40N4O5/c1-6-8-9-33(5)16-20-10-18(3)11-23(13-20)29-31-28(32-38-29)22-12-19(4)26(21(7-2)14-22)37-17-24(34)15-25(35)27(30)36/h10-14,24-25,34-35H,6-9,15-17H2,1-5H3,(H2,30,36)/t24-,25?/m0/s1. The Hall–Kier alpha value is -3.27. The van der Waals surface area contributed by atoms with E-state index in [0.717, 1.165) is 40.9 Å². The van der Waals surface area contributed by atoms with Gasteiger partial charge in [-0.1, -0.05) is 37.1 Å². The fourth-order valence-corrected chi connectivity index (χ4v) is 4.42. The number of ether oxygens (including phenoxy) is 1. The van der Waals surface area contributed by atoms with Gasteiger partial charge in [-0.25, -0.2) is 0 Å². The first-order valence-electron chi connectivity index (χ1n) is 13.2. The molecule has 9 nitrogen and oxygen atoms in total. The number of benzene rings is 2. The van der Waals surface area contributed by atoms with Crippen LogP contribution in [0.25, 0.3) is 22.8 Å². The number of aliphatic hydroxyl groups is 2. The van der Waals surface area contributed by atoms with Crippen molar-refractivity contribution in [3.8, 4) is 28.6 Å². The third kappa shape index (κ3) is 7.86. The third-order valence-electron chi connectivity index (χ3n) is 6.39. The summed E-state index contributed by atoms with van der Waals surface area (Å²) >= 11 is 0. The lowest BCUT2D eigenvalue weighted by molar-refractivity contribution is -0.127. The second kappa shape index (κ2) is 13.5. The van der Waals surface area contributed by atoms with Crippen molar-refractivity contribution in [3.63, 3.8) is 0 Å². The van der Waals surface area contributed by atoms with Gasteiger partial charge in [0.05, 0.1) is 6.10 Å². The molecular weight excluding hydrogens is 484 g/mol. The SMILES string of the molecule is CCCCN(C)Cc1cc(C)cc(-c2nc(-c3cc(C)c(OC[C@@H](O)CC(O)C(N)=O)c(CC)c3)no2)c1. The minimum Gasteiger partial charge on any atom is -0.490 e. The van der Waals surface area contributed by atoms with E-state index in [9.17, 15) is 15.0 Å². The predicted molar refractivity (Wildman–Crippen MR) is 147 cm³/mol. The van der Waals surface area contributed by atoms with Gasteiger partial charge in [0, 0.05) is 24.1 Å². The van der Waals surface area contributed by atoms with Gasteiger partial charge >= 0.3 is 0 Å². The predicted octanol–water partition coefficient (Wildman–Crippen LogP) is 3.79. The lowest BCUT2D eigenvalue weighted by Crippen LogP contribution is -2.33. The Kier molecular flexibility index (Phi) is 10.4. The molecule has 38 heavy (non-hydrogen) atoms. The number of aromatic nitrogens is 2. The van der Waals surface area contributed by atoms with E-state index in [1.165, 1.54) is 18.4 Å². The quantitative estimate of drug-likeness (QED) is 0.290. The molecule has 3 aromatic rings. The molecule has 0 fully saturated rings. The summed E-state index contributed by atoms with van der Waals surface area (Å²) in [7, 11) is 2.13. The van der Waals surface area contributed by atoms with E-state index in [4.69, 9.17) is 15.0 Å². The van der Waals surface area contributed by atoms with Crippen LogP contribution in [-0.2, 0) is 17.8 Å². The number of primary amides is 1. The minimum absolute atomic E-state index is 0.0762. The van der Waals surface area contributed by atoms with Crippen LogP contribution in [0.2, 0.25) is 0 Å². The zero-order valence-electron chi connectivity index (χ0n) is 23.0. The normalized spacial score (nSPS) is 13.1. The van der Waals surface area contributed by atoms with Gasteiger partial charge in [0.25, 0.3) is 5.89 Å². The summed E-state index contributed by atoms with van der Waals surface area (Å²) < 4.78 is 11.5. The summed E-state index contributed by atoms with van der Waals surface area (Å²) in [6, 6.07) is 10.2. The van der Waals surface area contributed by atoms with E-state index in [2.05, 4.69) is 48.1 Å². The smallest absolute Gasteiger partial charge is 0.258 e. The van der Waals surface area contributed by atoms with Crippen molar-refractivity contribution < 1.29 is 24.3 Å². The lowest BCUT2D eigenvalue weighted by atomic mass is 10.0. The van der Waals surface area contributed by atoms with Crippen LogP contribution in [-0.4, -0.2) is 63.6 Å². The molecule has 0 aliphatic carbocycles. The number of rotatable bonds is 14. The maximum Gasteiger partial charge on any atom is 0.258 e. The Balaban J connectivity index is 1.78. The van der Waals surface area contributed by atoms with Crippen LogP contribution in [0.5, 0.6) is 5.75 Å². The number of hydrogen-bond donors (Lipinski definition) is 3. The van der Waals surface area contributed by atoms with E-state index in [1.54, 1.807) is 0 Å². The summed E-state index contributed by atoms with van der Waals surface area (Å²) in [4.78, 5) is 18.0. The molecule has 1 aromatic heterocycles. The Morgan fingerprint density at radius 2 is 1.89 bits per heavy atom. The monoisotopic (exact) mass is 524 g/mol. The molecule has 1 amide bonds. The molecule has 2 aromatic carbocycles. The largest absolute Gasteiger partial charge is 0.490 e. The molecule has 0 aliphatic rings. The molecule has 0 radical (unpaired) electrons. The molecule has 0 saturated carbocycles. The minimum atomic E-state index is -1.42. The number of aliphatic hydroxyl groups excluding tert-OH is 2. The van der Waals surface area contributed by atoms with Crippen LogP contribution in [0, 0.1) is 13.8 Å². The molecule has 0 saturated heterocycles. The second-order valence-corrected chi connectivity index (χ2v) is 9.98. The molecule has 1 unspecified atom stereocenters. The summed E-state index contributed by atoms with van der Waals surface area (Å²) in [5, 5.41) is 24.0. The molecule has 2 atom stereocenters. The second-order valence-electron chi connectivity index (χ2n) is 9.98. The average molecular weight is 525 g/mol. The highest BCUT2D eigenvalue weighted by atomic mass is 16.5. The maximum absolute atomic E-state index is 11.0. The summed E-state index contributed by atoms with van der Waals surface area (Å²) in [6.45, 7) is 10.0. The molecule has 4 N–H and O–H groups in total. The van der Waals surface area contributed by atoms with E-state index in [1.807, 2.05) is 32.0 Å². The first-order valence-corrected chi connectivity index (χ1v) is 13.2. The molecule has 206 valence electrons. The fraction of sp³-hybridized carbons (Fsp3) is 0.483. The summed E-state index contributed by atoms with van der Waals surface area (Å²) in [6.07, 6.45) is 0.387. The highest BCUT2D eigenvalue weighted by molar-refractivity contribution is 5.78. The number of amides is 1. The first-order chi connectivity index (χ1) is 18.1. The molecule has 0 aliphatic heterocycles. The Labute approximate surface area is 224 Å². The van der Waals surface area contributed by atoms with Crippen LogP contribution in [0.15, 0.2) is 34.9 Å². The maximum atomic E-state index is 11.0. The van der Waals surface area contributed by atoms with Gasteiger partial charge < -0.3 is 30.1 Å². The number of nitrogens with zero attached hydrogens (tertiary/aromatic N) is 3. The number of carbonyl (C=O) groups is 1. The molecule has 3 rings (SSSR count). The van der Waals surface area contributed by atoms with Crippen LogP contribution in [0.3, 0.4) is 0 Å². The van der Waals surface area contributed by atoms with Crippen molar-refractivity contribution in [2.75, 3.05) is 20.2 Å². The molecule has 0 bridgehead atoms. The Bertz CT molecular complexity index is 1230. The van der Waals surface area contributed by atoms with Crippen LogP contribution < -0.4 is 10.5 Å². The number of carbonyl (C=O) groups excluding carboxylic acids is 1. The molecule has 1 heterocycles. The van der Waals surface area contributed by atoms with Gasteiger partial charge in [-0.2, -0.15) is 4.98 Å². The zero-order valence-corrected chi connectivity index (χ0v) is 23.0. The topological polar surface area (TPSA) is 135 Å². The van der Waals surface area contributed by atoms with E-state index in [-0.39, 0.29) is 13.0 Å². The highest BCUT2D eigenvalue weighted by Crippen LogP contribution is 2.32. The number of nitrogens with two attached hydrogens (primary N) is 1. The van der Waals surface area contributed by atoms with Crippen molar-refractivity contribution in [1.29, 1.82) is 0 Å². The average Bonchev–Trinajstić information content (AvgIpc) is 3.36. The van der Waals surface area contributed by atoms with Gasteiger partial charge in [-0.3, -0.25) is 4.79 Å².